The number of thiocarbonyl (C=S) groups is 1. The second kappa shape index (κ2) is 6.35. The molecule has 98 valence electrons. The van der Waals surface area contributed by atoms with Gasteiger partial charge in [0.1, 0.15) is 0 Å². The number of anilines is 1. The lowest BCUT2D eigenvalue weighted by atomic mass is 10.1. The third kappa shape index (κ3) is 4.33. The van der Waals surface area contributed by atoms with Crippen LogP contribution in [-0.2, 0) is 4.79 Å². The van der Waals surface area contributed by atoms with E-state index in [1.165, 1.54) is 11.1 Å². The van der Waals surface area contributed by atoms with E-state index in [-0.39, 0.29) is 12.5 Å². The van der Waals surface area contributed by atoms with Gasteiger partial charge in [0.2, 0.25) is 5.91 Å². The Kier molecular flexibility index (Phi) is 5.09. The van der Waals surface area contributed by atoms with E-state index in [9.17, 15) is 4.79 Å². The van der Waals surface area contributed by atoms with Crippen molar-refractivity contribution in [3.63, 3.8) is 0 Å². The average Bonchev–Trinajstić information content (AvgIpc) is 2.27. The van der Waals surface area contributed by atoms with Gasteiger partial charge in [-0.05, 0) is 49.3 Å². The molecule has 18 heavy (non-hydrogen) atoms. The van der Waals surface area contributed by atoms with Crippen LogP contribution in [0, 0.1) is 13.8 Å². The largest absolute Gasteiger partial charge is 0.358 e. The first-order valence-electron chi connectivity index (χ1n) is 5.73. The van der Waals surface area contributed by atoms with Crippen molar-refractivity contribution >= 4 is 28.9 Å². The fraction of sp³-hybridized carbons (Fsp3) is 0.385. The molecule has 1 aromatic rings. The Morgan fingerprint density at radius 1 is 1.28 bits per heavy atom. The van der Waals surface area contributed by atoms with Gasteiger partial charge < -0.3 is 15.5 Å². The van der Waals surface area contributed by atoms with Crippen molar-refractivity contribution in [3.8, 4) is 0 Å². The number of carbonyl (C=O) groups excluding carboxylic acids is 1. The molecule has 5 heteroatoms. The fourth-order valence-electron chi connectivity index (χ4n) is 1.63. The van der Waals surface area contributed by atoms with E-state index in [1.807, 2.05) is 26.0 Å². The number of likely N-dealkylation sites (N-methyl/N-ethyl adjacent to an activating group) is 2. The lowest BCUT2D eigenvalue weighted by molar-refractivity contribution is -0.120. The number of aryl methyl sites for hydroxylation is 2. The Balaban J connectivity index is 2.66. The summed E-state index contributed by atoms with van der Waals surface area (Å²) in [5.41, 5.74) is 3.30. The zero-order chi connectivity index (χ0) is 13.7. The van der Waals surface area contributed by atoms with Crippen LogP contribution in [0.4, 0.5) is 5.69 Å². The molecule has 1 aromatic carbocycles. The van der Waals surface area contributed by atoms with Crippen LogP contribution in [0.25, 0.3) is 0 Å². The van der Waals surface area contributed by atoms with Crippen LogP contribution in [0.15, 0.2) is 18.2 Å². The van der Waals surface area contributed by atoms with Crippen molar-refractivity contribution in [3.05, 3.63) is 29.3 Å². The van der Waals surface area contributed by atoms with Crippen LogP contribution in [0.1, 0.15) is 11.1 Å². The summed E-state index contributed by atoms with van der Waals surface area (Å²) in [5, 5.41) is 6.23. The van der Waals surface area contributed by atoms with Crippen molar-refractivity contribution in [1.29, 1.82) is 0 Å². The summed E-state index contributed by atoms with van der Waals surface area (Å²) in [4.78, 5) is 12.9. The molecule has 0 aliphatic heterocycles. The minimum atomic E-state index is -0.0675. The summed E-state index contributed by atoms with van der Waals surface area (Å²) >= 11 is 5.25. The predicted molar refractivity (Wildman–Crippen MR) is 78.8 cm³/mol. The summed E-state index contributed by atoms with van der Waals surface area (Å²) in [6, 6.07) is 6.14. The monoisotopic (exact) mass is 265 g/mol. The van der Waals surface area contributed by atoms with Gasteiger partial charge >= 0.3 is 0 Å². The van der Waals surface area contributed by atoms with Gasteiger partial charge in [-0.15, -0.1) is 0 Å². The van der Waals surface area contributed by atoms with Crippen molar-refractivity contribution in [1.82, 2.24) is 10.2 Å². The Bertz CT molecular complexity index is 439. The predicted octanol–water partition coefficient (Wildman–Crippen LogP) is 1.68. The molecule has 0 bridgehead atoms. The first kappa shape index (κ1) is 14.4. The summed E-state index contributed by atoms with van der Waals surface area (Å²) in [7, 11) is 3.39. The SMILES string of the molecule is CNC(=O)CN(C)C(=S)Nc1cc(C)cc(C)c1. The van der Waals surface area contributed by atoms with Gasteiger partial charge in [-0.2, -0.15) is 0 Å². The average molecular weight is 265 g/mol. The Morgan fingerprint density at radius 2 is 1.83 bits per heavy atom. The molecule has 0 unspecified atom stereocenters. The molecule has 4 nitrogen and oxygen atoms in total. The smallest absolute Gasteiger partial charge is 0.239 e. The highest BCUT2D eigenvalue weighted by molar-refractivity contribution is 7.80. The van der Waals surface area contributed by atoms with E-state index in [2.05, 4.69) is 16.7 Å². The van der Waals surface area contributed by atoms with E-state index in [0.29, 0.717) is 5.11 Å². The Labute approximate surface area is 113 Å². The third-order valence-corrected chi connectivity index (χ3v) is 2.89. The molecular weight excluding hydrogens is 246 g/mol. The van der Waals surface area contributed by atoms with Gasteiger partial charge in [0.25, 0.3) is 0 Å². The molecule has 0 heterocycles. The van der Waals surface area contributed by atoms with E-state index >= 15 is 0 Å². The fourth-order valence-corrected chi connectivity index (χ4v) is 1.81. The molecule has 0 spiro atoms. The molecule has 1 amide bonds. The van der Waals surface area contributed by atoms with Gasteiger partial charge in [0.05, 0.1) is 6.54 Å². The zero-order valence-electron chi connectivity index (χ0n) is 11.2. The first-order chi connectivity index (χ1) is 8.42. The quantitative estimate of drug-likeness (QED) is 0.816. The van der Waals surface area contributed by atoms with E-state index < -0.39 is 0 Å². The Morgan fingerprint density at radius 3 is 2.33 bits per heavy atom. The number of hydrogen-bond acceptors (Lipinski definition) is 2. The molecular formula is C13H19N3OS. The van der Waals surface area contributed by atoms with Crippen molar-refractivity contribution in [2.75, 3.05) is 26.0 Å². The van der Waals surface area contributed by atoms with Gasteiger partial charge in [0.15, 0.2) is 5.11 Å². The molecule has 0 radical (unpaired) electrons. The maximum absolute atomic E-state index is 11.2. The molecule has 2 N–H and O–H groups in total. The summed E-state index contributed by atoms with van der Waals surface area (Å²) < 4.78 is 0. The van der Waals surface area contributed by atoms with Crippen LogP contribution in [-0.4, -0.2) is 36.6 Å². The van der Waals surface area contributed by atoms with E-state index in [0.717, 1.165) is 5.69 Å². The van der Waals surface area contributed by atoms with Gasteiger partial charge in [-0.3, -0.25) is 4.79 Å². The molecule has 0 aliphatic rings. The highest BCUT2D eigenvalue weighted by Gasteiger charge is 2.08. The summed E-state index contributed by atoms with van der Waals surface area (Å²) in [6.45, 7) is 4.32. The second-order valence-electron chi connectivity index (χ2n) is 4.34. The van der Waals surface area contributed by atoms with E-state index in [1.54, 1.807) is 19.0 Å². The van der Waals surface area contributed by atoms with Crippen LogP contribution < -0.4 is 10.6 Å². The standard InChI is InChI=1S/C13H19N3OS/c1-9-5-10(2)7-11(6-9)15-13(18)16(4)8-12(17)14-3/h5-7H,8H2,1-4H3,(H,14,17)(H,15,18). The molecule has 0 saturated carbocycles. The number of rotatable bonds is 3. The Hall–Kier alpha value is -1.62. The maximum Gasteiger partial charge on any atom is 0.239 e. The first-order valence-corrected chi connectivity index (χ1v) is 6.14. The normalized spacial score (nSPS) is 9.78. The van der Waals surface area contributed by atoms with Crippen LogP contribution in [0.2, 0.25) is 0 Å². The number of amides is 1. The number of carbonyl (C=O) groups is 1. The number of hydrogen-bond donors (Lipinski definition) is 2. The lowest BCUT2D eigenvalue weighted by Gasteiger charge is -2.20. The minimum absolute atomic E-state index is 0.0675. The highest BCUT2D eigenvalue weighted by atomic mass is 32.1. The van der Waals surface area contributed by atoms with Crippen molar-refractivity contribution in [2.45, 2.75) is 13.8 Å². The molecule has 0 fully saturated rings. The summed E-state index contributed by atoms with van der Waals surface area (Å²) in [5.74, 6) is -0.0675. The summed E-state index contributed by atoms with van der Waals surface area (Å²) in [6.07, 6.45) is 0. The van der Waals surface area contributed by atoms with Gasteiger partial charge in [0, 0.05) is 19.8 Å². The number of nitrogens with one attached hydrogen (secondary N) is 2. The van der Waals surface area contributed by atoms with Crippen molar-refractivity contribution in [2.24, 2.45) is 0 Å². The maximum atomic E-state index is 11.2. The minimum Gasteiger partial charge on any atom is -0.358 e. The highest BCUT2D eigenvalue weighted by Crippen LogP contribution is 2.14. The third-order valence-electron chi connectivity index (χ3n) is 2.48. The molecule has 0 saturated heterocycles. The molecule has 0 aliphatic carbocycles. The lowest BCUT2D eigenvalue weighted by Crippen LogP contribution is -2.39. The van der Waals surface area contributed by atoms with Gasteiger partial charge in [-0.25, -0.2) is 0 Å². The number of benzene rings is 1. The van der Waals surface area contributed by atoms with E-state index in [4.69, 9.17) is 12.2 Å². The van der Waals surface area contributed by atoms with Crippen molar-refractivity contribution < 1.29 is 4.79 Å². The molecule has 0 aromatic heterocycles. The zero-order valence-corrected chi connectivity index (χ0v) is 12.0. The topological polar surface area (TPSA) is 44.4 Å². The number of nitrogens with zero attached hydrogens (tertiary/aromatic N) is 1. The van der Waals surface area contributed by atoms with Crippen LogP contribution >= 0.6 is 12.2 Å². The van der Waals surface area contributed by atoms with Crippen LogP contribution in [0.5, 0.6) is 0 Å². The van der Waals surface area contributed by atoms with Gasteiger partial charge in [-0.1, -0.05) is 6.07 Å². The second-order valence-corrected chi connectivity index (χ2v) is 4.72. The molecule has 0 atom stereocenters. The van der Waals surface area contributed by atoms with Crippen LogP contribution in [0.3, 0.4) is 0 Å². The molecule has 1 rings (SSSR count).